The van der Waals surface area contributed by atoms with Crippen molar-refractivity contribution in [1.82, 2.24) is 19.2 Å². The molecular formula is C23H38N4O4S. The molecule has 1 amide bonds. The number of nitrogens with zero attached hydrogens (tertiary/aromatic N) is 3. The second kappa shape index (κ2) is 12.3. The molecule has 0 saturated heterocycles. The van der Waals surface area contributed by atoms with E-state index in [1.54, 1.807) is 12.1 Å². The van der Waals surface area contributed by atoms with E-state index in [9.17, 15) is 13.2 Å². The van der Waals surface area contributed by atoms with Crippen LogP contribution >= 0.6 is 0 Å². The van der Waals surface area contributed by atoms with Crippen molar-refractivity contribution in [2.45, 2.75) is 64.3 Å². The predicted octanol–water partition coefficient (Wildman–Crippen LogP) is 3.20. The maximum atomic E-state index is 12.5. The highest BCUT2D eigenvalue weighted by atomic mass is 32.2. The zero-order valence-electron chi connectivity index (χ0n) is 20.1. The summed E-state index contributed by atoms with van der Waals surface area (Å²) in [7, 11) is -0.499. The maximum absolute atomic E-state index is 12.5. The molecule has 0 unspecified atom stereocenters. The van der Waals surface area contributed by atoms with Gasteiger partial charge in [-0.05, 0) is 37.0 Å². The highest BCUT2D eigenvalue weighted by Crippen LogP contribution is 2.23. The van der Waals surface area contributed by atoms with Crippen LogP contribution in [0.5, 0.6) is 0 Å². The molecule has 0 aliphatic rings. The van der Waals surface area contributed by atoms with Crippen molar-refractivity contribution >= 4 is 27.0 Å². The summed E-state index contributed by atoms with van der Waals surface area (Å²) >= 11 is 0. The van der Waals surface area contributed by atoms with E-state index in [2.05, 4.69) is 35.6 Å². The molecule has 0 atom stereocenters. The molecule has 180 valence electrons. The van der Waals surface area contributed by atoms with Gasteiger partial charge in [0.1, 0.15) is 5.82 Å². The number of hydrogen-bond donors (Lipinski definition) is 1. The highest BCUT2D eigenvalue weighted by Gasteiger charge is 2.20. The Balaban J connectivity index is 2.05. The number of carbonyl (C=O) groups excluding carboxylic acids is 1. The lowest BCUT2D eigenvalue weighted by molar-refractivity contribution is -0.121. The zero-order chi connectivity index (χ0) is 23.7. The third kappa shape index (κ3) is 7.28. The number of nitrogens with one attached hydrogen (secondary N) is 1. The van der Waals surface area contributed by atoms with Gasteiger partial charge in [0.2, 0.25) is 15.9 Å². The summed E-state index contributed by atoms with van der Waals surface area (Å²) < 4.78 is 33.8. The van der Waals surface area contributed by atoms with Crippen LogP contribution < -0.4 is 5.32 Å². The predicted molar refractivity (Wildman–Crippen MR) is 127 cm³/mol. The van der Waals surface area contributed by atoms with Gasteiger partial charge in [0.05, 0.1) is 15.9 Å². The monoisotopic (exact) mass is 466 g/mol. The summed E-state index contributed by atoms with van der Waals surface area (Å²) in [5.74, 6) is 1.30. The fourth-order valence-corrected chi connectivity index (χ4v) is 4.24. The third-order valence-corrected chi connectivity index (χ3v) is 6.94. The Morgan fingerprint density at radius 2 is 2.00 bits per heavy atom. The molecule has 0 spiro atoms. The van der Waals surface area contributed by atoms with E-state index < -0.39 is 10.0 Å². The van der Waals surface area contributed by atoms with Crippen molar-refractivity contribution in [1.29, 1.82) is 0 Å². The molecule has 1 aromatic heterocycles. The third-order valence-electron chi connectivity index (χ3n) is 5.13. The molecule has 0 bridgehead atoms. The van der Waals surface area contributed by atoms with Gasteiger partial charge < -0.3 is 14.6 Å². The Kier molecular flexibility index (Phi) is 10.1. The van der Waals surface area contributed by atoms with Crippen LogP contribution in [0.15, 0.2) is 23.1 Å². The highest BCUT2D eigenvalue weighted by molar-refractivity contribution is 7.89. The first-order valence-corrected chi connectivity index (χ1v) is 12.9. The number of ether oxygens (including phenoxy) is 1. The maximum Gasteiger partial charge on any atom is 0.242 e. The van der Waals surface area contributed by atoms with Crippen LogP contribution in [0, 0.1) is 5.92 Å². The molecular weight excluding hydrogens is 428 g/mol. The van der Waals surface area contributed by atoms with E-state index in [-0.39, 0.29) is 10.8 Å². The van der Waals surface area contributed by atoms with Crippen LogP contribution in [-0.2, 0) is 32.5 Å². The van der Waals surface area contributed by atoms with Crippen molar-refractivity contribution in [3.05, 3.63) is 24.0 Å². The van der Waals surface area contributed by atoms with Crippen molar-refractivity contribution in [3.8, 4) is 0 Å². The minimum atomic E-state index is -3.53. The normalized spacial score (nSPS) is 12.2. The number of aromatic nitrogens is 2. The smallest absolute Gasteiger partial charge is 0.242 e. The molecule has 8 nitrogen and oxygen atoms in total. The Morgan fingerprint density at radius 3 is 2.66 bits per heavy atom. The molecule has 32 heavy (non-hydrogen) atoms. The summed E-state index contributed by atoms with van der Waals surface area (Å²) in [5.41, 5.74) is 1.54. The number of imidazole rings is 1. The lowest BCUT2D eigenvalue weighted by Crippen LogP contribution is -2.26. The molecule has 9 heteroatoms. The number of unbranched alkanes of at least 4 members (excludes halogenated alkanes) is 1. The van der Waals surface area contributed by atoms with Crippen LogP contribution in [0.2, 0.25) is 0 Å². The van der Waals surface area contributed by atoms with Gasteiger partial charge in [-0.25, -0.2) is 17.7 Å². The Bertz CT molecular complexity index is 983. The van der Waals surface area contributed by atoms with Crippen molar-refractivity contribution in [2.75, 3.05) is 33.9 Å². The molecule has 2 rings (SSSR count). The number of carbonyl (C=O) groups is 1. The van der Waals surface area contributed by atoms with Gasteiger partial charge in [-0.15, -0.1) is 0 Å². The van der Waals surface area contributed by atoms with Crippen molar-refractivity contribution in [3.63, 3.8) is 0 Å². The van der Waals surface area contributed by atoms with Gasteiger partial charge in [0.15, 0.2) is 0 Å². The van der Waals surface area contributed by atoms with Crippen LogP contribution in [0.25, 0.3) is 11.0 Å². The summed E-state index contributed by atoms with van der Waals surface area (Å²) in [6, 6.07) is 5.06. The van der Waals surface area contributed by atoms with E-state index in [4.69, 9.17) is 4.74 Å². The Hall–Kier alpha value is -1.97. The number of benzene rings is 1. The van der Waals surface area contributed by atoms with Gasteiger partial charge >= 0.3 is 0 Å². The summed E-state index contributed by atoms with van der Waals surface area (Å²) in [6.07, 6.45) is 3.65. The molecule has 0 aliphatic heterocycles. The fraction of sp³-hybridized carbons (Fsp3) is 0.652. The SMILES string of the molecule is CCCCn1c(CCC(=O)NCCCOCC(C)C)nc2cc(S(=O)(=O)N(C)C)ccc21. The second-order valence-corrected chi connectivity index (χ2v) is 10.8. The van der Waals surface area contributed by atoms with Crippen molar-refractivity contribution in [2.24, 2.45) is 5.92 Å². The van der Waals surface area contributed by atoms with Gasteiger partial charge in [-0.2, -0.15) is 0 Å². The molecule has 1 aromatic carbocycles. The summed E-state index contributed by atoms with van der Waals surface area (Å²) in [4.78, 5) is 17.2. The molecule has 0 aliphatic carbocycles. The first-order chi connectivity index (χ1) is 15.2. The summed E-state index contributed by atoms with van der Waals surface area (Å²) in [6.45, 7) is 9.10. The molecule has 0 saturated carbocycles. The number of amides is 1. The zero-order valence-corrected chi connectivity index (χ0v) is 20.9. The minimum absolute atomic E-state index is 0.0150. The number of fused-ring (bicyclic) bond motifs is 1. The number of hydrogen-bond acceptors (Lipinski definition) is 5. The van der Waals surface area contributed by atoms with Crippen LogP contribution in [0.4, 0.5) is 0 Å². The van der Waals surface area contributed by atoms with Crippen LogP contribution in [0.1, 0.15) is 52.3 Å². The quantitative estimate of drug-likeness (QED) is 0.432. The lowest BCUT2D eigenvalue weighted by atomic mass is 10.2. The number of aryl methyl sites for hydroxylation is 2. The Morgan fingerprint density at radius 1 is 1.25 bits per heavy atom. The molecule has 0 radical (unpaired) electrons. The summed E-state index contributed by atoms with van der Waals surface area (Å²) in [5, 5.41) is 2.94. The van der Waals surface area contributed by atoms with Gasteiger partial charge in [0.25, 0.3) is 0 Å². The average Bonchev–Trinajstić information content (AvgIpc) is 3.09. The largest absolute Gasteiger partial charge is 0.381 e. The standard InChI is InChI=1S/C23H38N4O4S/c1-6-7-14-27-21-10-9-19(32(29,30)26(4)5)16-20(21)25-22(27)11-12-23(28)24-13-8-15-31-17-18(2)3/h9-10,16,18H,6-8,11-15,17H2,1-5H3,(H,24,28). The molecule has 1 N–H and O–H groups in total. The van der Waals surface area contributed by atoms with E-state index in [0.29, 0.717) is 37.4 Å². The number of sulfonamides is 1. The second-order valence-electron chi connectivity index (χ2n) is 8.64. The van der Waals surface area contributed by atoms with E-state index in [1.807, 2.05) is 6.07 Å². The average molecular weight is 467 g/mol. The van der Waals surface area contributed by atoms with Crippen LogP contribution in [0.3, 0.4) is 0 Å². The van der Waals surface area contributed by atoms with E-state index in [1.165, 1.54) is 18.4 Å². The van der Waals surface area contributed by atoms with E-state index in [0.717, 1.165) is 43.8 Å². The van der Waals surface area contributed by atoms with Gasteiger partial charge in [0, 0.05) is 53.2 Å². The topological polar surface area (TPSA) is 93.5 Å². The molecule has 0 fully saturated rings. The number of rotatable bonds is 14. The first-order valence-electron chi connectivity index (χ1n) is 11.4. The van der Waals surface area contributed by atoms with Gasteiger partial charge in [-0.3, -0.25) is 4.79 Å². The minimum Gasteiger partial charge on any atom is -0.381 e. The van der Waals surface area contributed by atoms with Crippen LogP contribution in [-0.4, -0.2) is 62.0 Å². The fourth-order valence-electron chi connectivity index (χ4n) is 3.32. The van der Waals surface area contributed by atoms with Gasteiger partial charge in [-0.1, -0.05) is 27.2 Å². The van der Waals surface area contributed by atoms with Crippen molar-refractivity contribution < 1.29 is 17.9 Å². The Labute approximate surface area is 192 Å². The molecule has 2 aromatic rings. The molecule has 1 heterocycles. The van der Waals surface area contributed by atoms with E-state index >= 15 is 0 Å². The first kappa shape index (κ1) is 26.3. The lowest BCUT2D eigenvalue weighted by Gasteiger charge is -2.11.